The predicted molar refractivity (Wildman–Crippen MR) is 48.5 cm³/mol. The zero-order valence-electron chi connectivity index (χ0n) is 6.09. The number of rotatable bonds is 4. The van der Waals surface area contributed by atoms with Crippen molar-refractivity contribution < 1.29 is 4.79 Å². The summed E-state index contributed by atoms with van der Waals surface area (Å²) >= 11 is 5.22. The van der Waals surface area contributed by atoms with E-state index in [-0.39, 0.29) is 0 Å². The molecule has 0 heterocycles. The Morgan fingerprint density at radius 1 is 1.27 bits per heavy atom. The third kappa shape index (κ3) is 4.34. The SMILES string of the molecule is C=C/C=C\C(=C/C=C)C(=O)Cl. The maximum Gasteiger partial charge on any atom is 0.252 e. The van der Waals surface area contributed by atoms with Gasteiger partial charge in [0.1, 0.15) is 0 Å². The van der Waals surface area contributed by atoms with Crippen molar-refractivity contribution in [1.29, 1.82) is 0 Å². The van der Waals surface area contributed by atoms with Crippen LogP contribution in [0.4, 0.5) is 0 Å². The molecule has 0 saturated heterocycles. The van der Waals surface area contributed by atoms with Crippen LogP contribution in [0, 0.1) is 0 Å². The second-order valence-electron chi connectivity index (χ2n) is 1.73. The molecule has 0 aromatic heterocycles. The average Bonchev–Trinajstić information content (AvgIpc) is 1.97. The molecular weight excluding hydrogens is 160 g/mol. The van der Waals surface area contributed by atoms with E-state index >= 15 is 0 Å². The van der Waals surface area contributed by atoms with E-state index in [0.29, 0.717) is 5.57 Å². The number of halogens is 1. The van der Waals surface area contributed by atoms with Gasteiger partial charge in [0.25, 0.3) is 5.24 Å². The number of hydrogen-bond donors (Lipinski definition) is 0. The molecule has 0 bridgehead atoms. The van der Waals surface area contributed by atoms with Gasteiger partial charge in [0.15, 0.2) is 0 Å². The van der Waals surface area contributed by atoms with E-state index in [1.165, 1.54) is 12.2 Å². The van der Waals surface area contributed by atoms with Gasteiger partial charge in [-0.1, -0.05) is 43.5 Å². The molecule has 0 aliphatic rings. The third-order valence-electron chi connectivity index (χ3n) is 0.936. The van der Waals surface area contributed by atoms with E-state index in [1.54, 1.807) is 18.2 Å². The molecule has 0 aromatic rings. The minimum absolute atomic E-state index is 0.404. The number of carbonyl (C=O) groups excluding carboxylic acids is 1. The monoisotopic (exact) mass is 168 g/mol. The first-order valence-corrected chi connectivity index (χ1v) is 3.41. The van der Waals surface area contributed by atoms with Crippen LogP contribution in [0.3, 0.4) is 0 Å². The minimum Gasteiger partial charge on any atom is -0.276 e. The Bertz CT molecular complexity index is 224. The van der Waals surface area contributed by atoms with Gasteiger partial charge in [0, 0.05) is 5.57 Å². The lowest BCUT2D eigenvalue weighted by atomic mass is 10.2. The Morgan fingerprint density at radius 2 is 1.91 bits per heavy atom. The lowest BCUT2D eigenvalue weighted by Crippen LogP contribution is -1.87. The summed E-state index contributed by atoms with van der Waals surface area (Å²) in [5, 5.41) is -0.497. The van der Waals surface area contributed by atoms with E-state index in [1.807, 2.05) is 0 Å². The highest BCUT2D eigenvalue weighted by Crippen LogP contribution is 2.02. The standard InChI is InChI=1S/C9H9ClO/c1-3-5-7-8(6-4-2)9(10)11/h3-7H,1-2H2/b7-5-,8-6+. The topological polar surface area (TPSA) is 17.1 Å². The molecule has 1 nitrogen and oxygen atoms in total. The quantitative estimate of drug-likeness (QED) is 0.358. The van der Waals surface area contributed by atoms with Gasteiger partial charge in [0.2, 0.25) is 0 Å². The lowest BCUT2D eigenvalue weighted by molar-refractivity contribution is -0.108. The third-order valence-corrected chi connectivity index (χ3v) is 1.15. The van der Waals surface area contributed by atoms with Gasteiger partial charge in [-0.15, -0.1) is 0 Å². The van der Waals surface area contributed by atoms with Gasteiger partial charge in [-0.2, -0.15) is 0 Å². The molecule has 0 aromatic carbocycles. The molecule has 0 aliphatic carbocycles. The molecule has 2 heteroatoms. The molecule has 0 spiro atoms. The Kier molecular flexibility index (Phi) is 5.13. The lowest BCUT2D eigenvalue weighted by Gasteiger charge is -1.88. The summed E-state index contributed by atoms with van der Waals surface area (Å²) in [6.45, 7) is 6.90. The van der Waals surface area contributed by atoms with Crippen LogP contribution in [0.2, 0.25) is 0 Å². The molecule has 11 heavy (non-hydrogen) atoms. The smallest absolute Gasteiger partial charge is 0.252 e. The second kappa shape index (κ2) is 5.69. The van der Waals surface area contributed by atoms with Gasteiger partial charge in [-0.3, -0.25) is 4.79 Å². The molecule has 0 fully saturated rings. The minimum atomic E-state index is -0.497. The van der Waals surface area contributed by atoms with Crippen molar-refractivity contribution in [2.45, 2.75) is 0 Å². The summed E-state index contributed by atoms with van der Waals surface area (Å²) in [7, 11) is 0. The molecule has 0 rings (SSSR count). The van der Waals surface area contributed by atoms with Crippen molar-refractivity contribution in [3.05, 3.63) is 49.1 Å². The number of hydrogen-bond acceptors (Lipinski definition) is 1. The molecule has 0 radical (unpaired) electrons. The first-order valence-electron chi connectivity index (χ1n) is 3.04. The average molecular weight is 169 g/mol. The maximum atomic E-state index is 10.6. The fourth-order valence-electron chi connectivity index (χ4n) is 0.485. The molecular formula is C9H9ClO. The van der Waals surface area contributed by atoms with Gasteiger partial charge < -0.3 is 0 Å². The van der Waals surface area contributed by atoms with Crippen molar-refractivity contribution in [2.24, 2.45) is 0 Å². The van der Waals surface area contributed by atoms with E-state index in [4.69, 9.17) is 11.6 Å². The summed E-state index contributed by atoms with van der Waals surface area (Å²) in [5.74, 6) is 0. The molecule has 0 aliphatic heterocycles. The summed E-state index contributed by atoms with van der Waals surface area (Å²) < 4.78 is 0. The molecule has 0 N–H and O–H groups in total. The Labute approximate surface area is 71.4 Å². The zero-order valence-corrected chi connectivity index (χ0v) is 6.84. The largest absolute Gasteiger partial charge is 0.276 e. The second-order valence-corrected chi connectivity index (χ2v) is 2.07. The molecule has 0 unspecified atom stereocenters. The first kappa shape index (κ1) is 9.92. The Morgan fingerprint density at radius 3 is 2.27 bits per heavy atom. The molecule has 0 amide bonds. The first-order chi connectivity index (χ1) is 5.22. The van der Waals surface area contributed by atoms with Gasteiger partial charge in [-0.05, 0) is 11.6 Å². The van der Waals surface area contributed by atoms with Gasteiger partial charge in [0.05, 0.1) is 0 Å². The van der Waals surface area contributed by atoms with Crippen LogP contribution < -0.4 is 0 Å². The van der Waals surface area contributed by atoms with Crippen LogP contribution in [0.1, 0.15) is 0 Å². The number of allylic oxidation sites excluding steroid dienone is 6. The van der Waals surface area contributed by atoms with Crippen LogP contribution in [0.5, 0.6) is 0 Å². The van der Waals surface area contributed by atoms with Crippen LogP contribution in [-0.2, 0) is 4.79 Å². The van der Waals surface area contributed by atoms with Crippen LogP contribution in [0.15, 0.2) is 49.1 Å². The van der Waals surface area contributed by atoms with Crippen molar-refractivity contribution >= 4 is 16.8 Å². The Balaban J connectivity index is 4.47. The summed E-state index contributed by atoms with van der Waals surface area (Å²) in [6.07, 6.45) is 7.81. The molecule has 0 saturated carbocycles. The van der Waals surface area contributed by atoms with Crippen molar-refractivity contribution in [3.8, 4) is 0 Å². The van der Waals surface area contributed by atoms with E-state index in [2.05, 4.69) is 13.2 Å². The summed E-state index contributed by atoms with van der Waals surface area (Å²) in [5.41, 5.74) is 0.404. The van der Waals surface area contributed by atoms with Crippen molar-refractivity contribution in [1.82, 2.24) is 0 Å². The zero-order chi connectivity index (χ0) is 8.69. The van der Waals surface area contributed by atoms with E-state index in [0.717, 1.165) is 0 Å². The van der Waals surface area contributed by atoms with E-state index < -0.39 is 5.24 Å². The summed E-state index contributed by atoms with van der Waals surface area (Å²) in [4.78, 5) is 10.6. The van der Waals surface area contributed by atoms with Crippen molar-refractivity contribution in [2.75, 3.05) is 0 Å². The van der Waals surface area contributed by atoms with Crippen molar-refractivity contribution in [3.63, 3.8) is 0 Å². The predicted octanol–water partition coefficient (Wildman–Crippen LogP) is 2.61. The Hall–Kier alpha value is -1.08. The highest BCUT2D eigenvalue weighted by molar-refractivity contribution is 6.68. The fourth-order valence-corrected chi connectivity index (χ4v) is 0.611. The van der Waals surface area contributed by atoms with Gasteiger partial charge >= 0.3 is 0 Å². The summed E-state index contributed by atoms with van der Waals surface area (Å²) in [6, 6.07) is 0. The molecule has 0 atom stereocenters. The highest BCUT2D eigenvalue weighted by Gasteiger charge is 1.98. The highest BCUT2D eigenvalue weighted by atomic mass is 35.5. The van der Waals surface area contributed by atoms with Crippen LogP contribution in [0.25, 0.3) is 0 Å². The fraction of sp³-hybridized carbons (Fsp3) is 0. The number of carbonyl (C=O) groups is 1. The maximum absolute atomic E-state index is 10.6. The van der Waals surface area contributed by atoms with Crippen LogP contribution in [-0.4, -0.2) is 5.24 Å². The molecule has 58 valence electrons. The van der Waals surface area contributed by atoms with Crippen LogP contribution >= 0.6 is 11.6 Å². The van der Waals surface area contributed by atoms with Gasteiger partial charge in [-0.25, -0.2) is 0 Å². The van der Waals surface area contributed by atoms with E-state index in [9.17, 15) is 4.79 Å². The normalized spacial score (nSPS) is 11.5.